The molecule has 2 amide bonds. The van der Waals surface area contributed by atoms with Gasteiger partial charge in [0.05, 0.1) is 0 Å². The van der Waals surface area contributed by atoms with Gasteiger partial charge in [0.1, 0.15) is 0 Å². The third kappa shape index (κ3) is 2.93. The number of amides is 2. The van der Waals surface area contributed by atoms with Gasteiger partial charge in [-0.2, -0.15) is 13.2 Å². The summed E-state index contributed by atoms with van der Waals surface area (Å²) in [5, 5.41) is 9.49. The minimum absolute atomic E-state index is 0.398. The fourth-order valence-corrected chi connectivity index (χ4v) is 0.698. The monoisotopic (exact) mass is 238 g/mol. The molecule has 0 bridgehead atoms. The molecule has 1 rings (SSSR count). The fraction of sp³-hybridized carbons (Fsp3) is 0.333. The Morgan fingerprint density at radius 3 is 2.12 bits per heavy atom. The number of carbonyl (C=O) groups excluding carboxylic acids is 2. The molecule has 0 atom stereocenters. The first kappa shape index (κ1) is 11.9. The number of anilines is 2. The summed E-state index contributed by atoms with van der Waals surface area (Å²) in [7, 11) is 0. The Bertz CT molecular complexity index is 413. The summed E-state index contributed by atoms with van der Waals surface area (Å²) >= 11 is 0. The van der Waals surface area contributed by atoms with Crippen molar-refractivity contribution in [3.8, 4) is 0 Å². The van der Waals surface area contributed by atoms with Crippen LogP contribution in [0.2, 0.25) is 0 Å². The van der Waals surface area contributed by atoms with E-state index in [1.54, 1.807) is 0 Å². The lowest BCUT2D eigenvalue weighted by molar-refractivity contribution is -0.167. The van der Waals surface area contributed by atoms with Crippen molar-refractivity contribution in [3.63, 3.8) is 0 Å². The highest BCUT2D eigenvalue weighted by Crippen LogP contribution is 2.20. The van der Waals surface area contributed by atoms with Crippen molar-refractivity contribution < 1.29 is 27.4 Å². The number of halogens is 3. The predicted molar refractivity (Wildman–Crippen MR) is 43.3 cm³/mol. The first-order valence-electron chi connectivity index (χ1n) is 3.79. The molecular formula is C6H5F3N4O3. The minimum Gasteiger partial charge on any atom is -0.305 e. The third-order valence-corrected chi connectivity index (χ3v) is 1.27. The molecule has 0 fully saturated rings. The Morgan fingerprint density at radius 1 is 1.19 bits per heavy atom. The number of rotatable bonds is 2. The maximum absolute atomic E-state index is 11.9. The molecule has 10 heteroatoms. The normalized spacial score (nSPS) is 11.0. The predicted octanol–water partition coefficient (Wildman–Crippen LogP) is 0.529. The molecule has 1 aromatic rings. The van der Waals surface area contributed by atoms with Crippen LogP contribution in [0.4, 0.5) is 24.8 Å². The van der Waals surface area contributed by atoms with Crippen LogP contribution >= 0.6 is 0 Å². The SMILES string of the molecule is CC(=O)Nc1nonc1NC(=O)C(F)(F)F. The van der Waals surface area contributed by atoms with Gasteiger partial charge >= 0.3 is 12.1 Å². The highest BCUT2D eigenvalue weighted by Gasteiger charge is 2.39. The molecule has 0 saturated heterocycles. The standard InChI is InChI=1S/C6H5F3N4O3/c1-2(14)10-3-4(13-16-12-3)11-5(15)6(7,8)9/h1H3,(H,10,12,14)(H,11,13,15). The van der Waals surface area contributed by atoms with Gasteiger partial charge in [0, 0.05) is 6.92 Å². The van der Waals surface area contributed by atoms with Gasteiger partial charge in [0.15, 0.2) is 0 Å². The maximum Gasteiger partial charge on any atom is 0.471 e. The summed E-state index contributed by atoms with van der Waals surface area (Å²) in [4.78, 5) is 21.1. The number of carbonyl (C=O) groups is 2. The van der Waals surface area contributed by atoms with E-state index in [0.29, 0.717) is 0 Å². The molecule has 0 unspecified atom stereocenters. The van der Waals surface area contributed by atoms with E-state index >= 15 is 0 Å². The molecule has 88 valence electrons. The number of alkyl halides is 3. The Hall–Kier alpha value is -2.13. The van der Waals surface area contributed by atoms with E-state index in [9.17, 15) is 22.8 Å². The molecule has 7 nitrogen and oxygen atoms in total. The molecule has 0 aliphatic heterocycles. The second-order valence-corrected chi connectivity index (χ2v) is 2.59. The first-order valence-corrected chi connectivity index (χ1v) is 3.79. The van der Waals surface area contributed by atoms with Crippen molar-refractivity contribution in [2.45, 2.75) is 13.1 Å². The van der Waals surface area contributed by atoms with Gasteiger partial charge in [0.2, 0.25) is 17.5 Å². The van der Waals surface area contributed by atoms with Crippen LogP contribution in [0.25, 0.3) is 0 Å². The van der Waals surface area contributed by atoms with Gasteiger partial charge in [-0.05, 0) is 10.3 Å². The average Bonchev–Trinajstić information content (AvgIpc) is 2.50. The molecule has 0 spiro atoms. The molecule has 0 aliphatic rings. The number of nitrogens with one attached hydrogen (secondary N) is 2. The van der Waals surface area contributed by atoms with Crippen LogP contribution in [0, 0.1) is 0 Å². The van der Waals surface area contributed by atoms with Crippen molar-refractivity contribution in [1.29, 1.82) is 0 Å². The number of hydrogen-bond acceptors (Lipinski definition) is 5. The van der Waals surface area contributed by atoms with Crippen molar-refractivity contribution in [2.24, 2.45) is 0 Å². The number of aromatic nitrogens is 2. The van der Waals surface area contributed by atoms with Gasteiger partial charge in [-0.1, -0.05) is 0 Å². The molecule has 2 N–H and O–H groups in total. The zero-order chi connectivity index (χ0) is 12.3. The van der Waals surface area contributed by atoms with Crippen LogP contribution in [0.15, 0.2) is 4.63 Å². The third-order valence-electron chi connectivity index (χ3n) is 1.27. The van der Waals surface area contributed by atoms with Crippen molar-refractivity contribution in [1.82, 2.24) is 10.3 Å². The lowest BCUT2D eigenvalue weighted by Gasteiger charge is -2.05. The van der Waals surface area contributed by atoms with Gasteiger partial charge < -0.3 is 5.32 Å². The zero-order valence-electron chi connectivity index (χ0n) is 7.75. The smallest absolute Gasteiger partial charge is 0.305 e. The van der Waals surface area contributed by atoms with Crippen molar-refractivity contribution in [2.75, 3.05) is 10.6 Å². The highest BCUT2D eigenvalue weighted by molar-refractivity contribution is 5.98. The van der Waals surface area contributed by atoms with E-state index in [1.165, 1.54) is 5.32 Å². The molecule has 0 aromatic carbocycles. The Balaban J connectivity index is 2.78. The topological polar surface area (TPSA) is 97.1 Å². The highest BCUT2D eigenvalue weighted by atomic mass is 19.4. The van der Waals surface area contributed by atoms with E-state index in [-0.39, 0.29) is 0 Å². The van der Waals surface area contributed by atoms with Crippen LogP contribution < -0.4 is 10.6 Å². The summed E-state index contributed by atoms with van der Waals surface area (Å²) in [5.41, 5.74) is 0. The lowest BCUT2D eigenvalue weighted by atomic mass is 10.5. The maximum atomic E-state index is 11.9. The van der Waals surface area contributed by atoms with Crippen molar-refractivity contribution in [3.05, 3.63) is 0 Å². The quantitative estimate of drug-likeness (QED) is 0.783. The molecule has 16 heavy (non-hydrogen) atoms. The van der Waals surface area contributed by atoms with Gasteiger partial charge in [-0.3, -0.25) is 14.9 Å². The number of hydrogen-bond donors (Lipinski definition) is 2. The van der Waals surface area contributed by atoms with Gasteiger partial charge in [0.25, 0.3) is 0 Å². The molecule has 0 saturated carbocycles. The van der Waals surface area contributed by atoms with Gasteiger partial charge in [-0.15, -0.1) is 0 Å². The lowest BCUT2D eigenvalue weighted by Crippen LogP contribution is -2.30. The van der Waals surface area contributed by atoms with Gasteiger partial charge in [-0.25, -0.2) is 4.63 Å². The zero-order valence-corrected chi connectivity index (χ0v) is 7.75. The van der Waals surface area contributed by atoms with Crippen LogP contribution in [-0.2, 0) is 9.59 Å². The average molecular weight is 238 g/mol. The molecular weight excluding hydrogens is 233 g/mol. The summed E-state index contributed by atoms with van der Waals surface area (Å²) < 4.78 is 39.6. The summed E-state index contributed by atoms with van der Waals surface area (Å²) in [5.74, 6) is -3.85. The molecule has 0 radical (unpaired) electrons. The summed E-state index contributed by atoms with van der Waals surface area (Å²) in [6.45, 7) is 1.10. The van der Waals surface area contributed by atoms with E-state index in [0.717, 1.165) is 6.92 Å². The Labute approximate surface area is 85.9 Å². The van der Waals surface area contributed by atoms with Crippen LogP contribution in [0.5, 0.6) is 0 Å². The summed E-state index contributed by atoms with van der Waals surface area (Å²) in [6, 6.07) is 0. The van der Waals surface area contributed by atoms with E-state index in [2.05, 4.69) is 14.9 Å². The van der Waals surface area contributed by atoms with E-state index in [4.69, 9.17) is 0 Å². The first-order chi connectivity index (χ1) is 7.30. The molecule has 1 aromatic heterocycles. The molecule has 0 aliphatic carbocycles. The minimum atomic E-state index is -5.06. The number of nitrogens with zero attached hydrogens (tertiary/aromatic N) is 2. The second kappa shape index (κ2) is 4.16. The van der Waals surface area contributed by atoms with Crippen LogP contribution in [0.1, 0.15) is 6.92 Å². The van der Waals surface area contributed by atoms with Crippen LogP contribution in [-0.4, -0.2) is 28.3 Å². The Kier molecular flexibility index (Phi) is 3.11. The van der Waals surface area contributed by atoms with Crippen molar-refractivity contribution >= 4 is 23.5 Å². The van der Waals surface area contributed by atoms with Crippen LogP contribution in [0.3, 0.4) is 0 Å². The fourth-order valence-electron chi connectivity index (χ4n) is 0.698. The molecule has 1 heterocycles. The second-order valence-electron chi connectivity index (χ2n) is 2.59. The van der Waals surface area contributed by atoms with E-state index < -0.39 is 29.6 Å². The van der Waals surface area contributed by atoms with E-state index in [1.807, 2.05) is 5.32 Å². The Morgan fingerprint density at radius 2 is 1.69 bits per heavy atom. The summed E-state index contributed by atoms with van der Waals surface area (Å²) in [6.07, 6.45) is -5.06. The largest absolute Gasteiger partial charge is 0.471 e.